The lowest BCUT2D eigenvalue weighted by atomic mass is 10.1. The fourth-order valence-electron chi connectivity index (χ4n) is 2.58. The Bertz CT molecular complexity index is 818. The molecule has 0 atom stereocenters. The van der Waals surface area contributed by atoms with Crippen LogP contribution >= 0.6 is 0 Å². The molecule has 2 N–H and O–H groups in total. The molecule has 0 amide bonds. The van der Waals surface area contributed by atoms with Gasteiger partial charge in [-0.25, -0.2) is 9.78 Å². The molecule has 22 heavy (non-hydrogen) atoms. The van der Waals surface area contributed by atoms with Gasteiger partial charge >= 0.3 is 5.69 Å². The van der Waals surface area contributed by atoms with Crippen molar-refractivity contribution >= 4 is 11.2 Å². The minimum atomic E-state index is -0.650. The zero-order chi connectivity index (χ0) is 16.8. The molecule has 2 aromatic heterocycles. The van der Waals surface area contributed by atoms with E-state index in [1.807, 2.05) is 7.05 Å². The van der Waals surface area contributed by atoms with Gasteiger partial charge in [0.2, 0.25) is 0 Å². The molecular formula is C15H25N5O2. The molecule has 0 aliphatic carbocycles. The Hall–Kier alpha value is -1.89. The van der Waals surface area contributed by atoms with Crippen LogP contribution < -0.4 is 17.0 Å². The second-order valence-electron chi connectivity index (χ2n) is 7.08. The molecule has 2 rings (SSSR count). The minimum absolute atomic E-state index is 0.166. The number of fused-ring (bicyclic) bond motifs is 1. The fourth-order valence-corrected chi connectivity index (χ4v) is 2.58. The molecule has 2 heterocycles. The molecule has 7 nitrogen and oxygen atoms in total. The van der Waals surface area contributed by atoms with E-state index in [0.717, 1.165) is 12.2 Å². The summed E-state index contributed by atoms with van der Waals surface area (Å²) in [6, 6.07) is 0. The molecule has 2 aromatic rings. The number of hydrogen-bond donors (Lipinski definition) is 1. The predicted octanol–water partition coefficient (Wildman–Crippen LogP) is 0.370. The summed E-state index contributed by atoms with van der Waals surface area (Å²) in [7, 11) is 3.45. The number of imidazole rings is 1. The van der Waals surface area contributed by atoms with Crippen LogP contribution in [0.15, 0.2) is 9.59 Å². The summed E-state index contributed by atoms with van der Waals surface area (Å²) in [5.41, 5.74) is 5.49. The van der Waals surface area contributed by atoms with Gasteiger partial charge in [0.05, 0.1) is 0 Å². The number of nitrogens with zero attached hydrogens (tertiary/aromatic N) is 4. The van der Waals surface area contributed by atoms with E-state index in [-0.39, 0.29) is 17.8 Å². The maximum Gasteiger partial charge on any atom is 0.332 e. The Morgan fingerprint density at radius 2 is 1.77 bits per heavy atom. The van der Waals surface area contributed by atoms with Gasteiger partial charge in [-0.1, -0.05) is 13.8 Å². The van der Waals surface area contributed by atoms with Crippen LogP contribution in [0.25, 0.3) is 11.2 Å². The number of hydrogen-bond acceptors (Lipinski definition) is 4. The molecule has 0 fully saturated rings. The molecule has 0 saturated carbocycles. The second kappa shape index (κ2) is 5.39. The highest BCUT2D eigenvalue weighted by Crippen LogP contribution is 2.13. The molecule has 0 aliphatic heterocycles. The quantitative estimate of drug-likeness (QED) is 0.884. The Balaban J connectivity index is 2.80. The third-order valence-electron chi connectivity index (χ3n) is 3.61. The summed E-state index contributed by atoms with van der Waals surface area (Å²) in [5.74, 6) is 1.22. The van der Waals surface area contributed by atoms with Gasteiger partial charge in [0, 0.05) is 32.6 Å². The average molecular weight is 307 g/mol. The summed E-state index contributed by atoms with van der Waals surface area (Å²) in [5, 5.41) is 0. The topological polar surface area (TPSA) is 87.8 Å². The first-order chi connectivity index (χ1) is 10.0. The van der Waals surface area contributed by atoms with Crippen molar-refractivity contribution in [3.8, 4) is 0 Å². The summed E-state index contributed by atoms with van der Waals surface area (Å²) in [6.45, 7) is 7.92. The van der Waals surface area contributed by atoms with Crippen molar-refractivity contribution in [1.29, 1.82) is 0 Å². The molecule has 7 heteroatoms. The standard InChI is InChI=1S/C15H25N5O2/c1-9(2)7-10-17-12-11(18(10)5)13(21)20(8-15(3,4)16)14(22)19(12)6/h9H,7-8,16H2,1-6H3. The summed E-state index contributed by atoms with van der Waals surface area (Å²) < 4.78 is 4.41. The smallest absolute Gasteiger partial charge is 0.325 e. The lowest BCUT2D eigenvalue weighted by Crippen LogP contribution is -2.47. The largest absolute Gasteiger partial charge is 0.332 e. The van der Waals surface area contributed by atoms with Crippen LogP contribution in [0.3, 0.4) is 0 Å². The molecule has 0 radical (unpaired) electrons. The van der Waals surface area contributed by atoms with Crippen molar-refractivity contribution in [2.75, 3.05) is 0 Å². The summed E-state index contributed by atoms with van der Waals surface area (Å²) in [6.07, 6.45) is 0.751. The van der Waals surface area contributed by atoms with Crippen molar-refractivity contribution in [3.05, 3.63) is 26.7 Å². The van der Waals surface area contributed by atoms with Crippen LogP contribution in [0.1, 0.15) is 33.5 Å². The van der Waals surface area contributed by atoms with Crippen molar-refractivity contribution in [2.24, 2.45) is 25.7 Å². The van der Waals surface area contributed by atoms with E-state index in [0.29, 0.717) is 17.1 Å². The van der Waals surface area contributed by atoms with Gasteiger partial charge < -0.3 is 10.3 Å². The Morgan fingerprint density at radius 1 is 1.18 bits per heavy atom. The Labute approximate surface area is 129 Å². The normalized spacial score (nSPS) is 12.5. The maximum absolute atomic E-state index is 12.7. The van der Waals surface area contributed by atoms with Gasteiger partial charge in [-0.2, -0.15) is 0 Å². The monoisotopic (exact) mass is 307 g/mol. The van der Waals surface area contributed by atoms with Crippen molar-refractivity contribution in [1.82, 2.24) is 18.7 Å². The number of aryl methyl sites for hydroxylation is 2. The van der Waals surface area contributed by atoms with Crippen LogP contribution in [0.5, 0.6) is 0 Å². The first kappa shape index (κ1) is 16.5. The maximum atomic E-state index is 12.7. The van der Waals surface area contributed by atoms with E-state index < -0.39 is 5.54 Å². The highest BCUT2D eigenvalue weighted by molar-refractivity contribution is 5.70. The van der Waals surface area contributed by atoms with Crippen molar-refractivity contribution < 1.29 is 0 Å². The van der Waals surface area contributed by atoms with E-state index in [1.54, 1.807) is 25.5 Å². The van der Waals surface area contributed by atoms with Gasteiger partial charge in [-0.3, -0.25) is 13.9 Å². The van der Waals surface area contributed by atoms with E-state index in [2.05, 4.69) is 18.8 Å². The molecule has 0 unspecified atom stereocenters. The predicted molar refractivity (Wildman–Crippen MR) is 87.0 cm³/mol. The van der Waals surface area contributed by atoms with Crippen molar-refractivity contribution in [3.63, 3.8) is 0 Å². The van der Waals surface area contributed by atoms with Crippen LogP contribution in [-0.2, 0) is 27.1 Å². The zero-order valence-electron chi connectivity index (χ0n) is 14.2. The summed E-state index contributed by atoms with van der Waals surface area (Å²) >= 11 is 0. The number of nitrogens with two attached hydrogens (primary N) is 1. The molecule has 0 aliphatic rings. The Kier molecular flexibility index (Phi) is 4.04. The van der Waals surface area contributed by atoms with E-state index >= 15 is 0 Å². The van der Waals surface area contributed by atoms with E-state index in [9.17, 15) is 9.59 Å². The van der Waals surface area contributed by atoms with E-state index in [1.165, 1.54) is 9.13 Å². The minimum Gasteiger partial charge on any atom is -0.325 e. The van der Waals surface area contributed by atoms with Gasteiger partial charge in [-0.05, 0) is 19.8 Å². The lowest BCUT2D eigenvalue weighted by Gasteiger charge is -2.19. The van der Waals surface area contributed by atoms with Gasteiger partial charge in [0.25, 0.3) is 5.56 Å². The highest BCUT2D eigenvalue weighted by Gasteiger charge is 2.21. The lowest BCUT2D eigenvalue weighted by molar-refractivity contribution is 0.411. The molecular weight excluding hydrogens is 282 g/mol. The molecule has 0 aromatic carbocycles. The highest BCUT2D eigenvalue weighted by atomic mass is 16.2. The second-order valence-corrected chi connectivity index (χ2v) is 7.08. The van der Waals surface area contributed by atoms with Gasteiger partial charge in [0.1, 0.15) is 5.82 Å². The number of aromatic nitrogens is 4. The average Bonchev–Trinajstić information content (AvgIpc) is 2.68. The third kappa shape index (κ3) is 2.85. The molecule has 0 bridgehead atoms. The van der Waals surface area contributed by atoms with Gasteiger partial charge in [0.15, 0.2) is 11.2 Å². The Morgan fingerprint density at radius 3 is 2.27 bits per heavy atom. The molecule has 0 saturated heterocycles. The molecule has 122 valence electrons. The van der Waals surface area contributed by atoms with Crippen LogP contribution in [0.2, 0.25) is 0 Å². The molecule has 0 spiro atoms. The summed E-state index contributed by atoms with van der Waals surface area (Å²) in [4.78, 5) is 29.7. The van der Waals surface area contributed by atoms with E-state index in [4.69, 9.17) is 5.73 Å². The van der Waals surface area contributed by atoms with Crippen LogP contribution in [0, 0.1) is 5.92 Å². The first-order valence-corrected chi connectivity index (χ1v) is 7.47. The third-order valence-corrected chi connectivity index (χ3v) is 3.61. The number of rotatable bonds is 4. The fraction of sp³-hybridized carbons (Fsp3) is 0.667. The van der Waals surface area contributed by atoms with Crippen LogP contribution in [-0.4, -0.2) is 24.2 Å². The SMILES string of the molecule is CC(C)Cc1nc2c(c(=O)n(CC(C)(C)N)c(=O)n2C)n1C. The zero-order valence-corrected chi connectivity index (χ0v) is 14.2. The van der Waals surface area contributed by atoms with Gasteiger partial charge in [-0.15, -0.1) is 0 Å². The van der Waals surface area contributed by atoms with Crippen LogP contribution in [0.4, 0.5) is 0 Å². The first-order valence-electron chi connectivity index (χ1n) is 7.47. The van der Waals surface area contributed by atoms with Crippen molar-refractivity contribution in [2.45, 2.75) is 46.2 Å².